The summed E-state index contributed by atoms with van der Waals surface area (Å²) >= 11 is 0. The molecule has 2 aliphatic rings. The van der Waals surface area contributed by atoms with Gasteiger partial charge in [0.2, 0.25) is 0 Å². The van der Waals surface area contributed by atoms with Crippen LogP contribution in [0.15, 0.2) is 119 Å². The summed E-state index contributed by atoms with van der Waals surface area (Å²) in [5, 5.41) is 17.6. The number of carbonyl (C=O) groups is 3. The Morgan fingerprint density at radius 1 is 0.569 bits per heavy atom. The average Bonchev–Trinajstić information content (AvgIpc) is 3.97. The van der Waals surface area contributed by atoms with Crippen LogP contribution in [0.5, 0.6) is 11.5 Å². The van der Waals surface area contributed by atoms with Crippen molar-refractivity contribution in [3.8, 4) is 11.5 Å². The van der Waals surface area contributed by atoms with Crippen LogP contribution in [0.25, 0.3) is 0 Å². The molecule has 0 spiro atoms. The molecule has 16 heteroatoms. The van der Waals surface area contributed by atoms with E-state index in [0.717, 1.165) is 102 Å². The van der Waals surface area contributed by atoms with Crippen molar-refractivity contribution in [2.24, 2.45) is 20.5 Å². The Hall–Kier alpha value is -6.59. The van der Waals surface area contributed by atoms with Crippen molar-refractivity contribution < 1.29 is 57.3 Å². The molecule has 1 unspecified atom stereocenters. The normalized spacial score (nSPS) is 17.0. The van der Waals surface area contributed by atoms with Crippen molar-refractivity contribution in [3.63, 3.8) is 0 Å². The lowest BCUT2D eigenvalue weighted by atomic mass is 10.1. The fourth-order valence-electron chi connectivity index (χ4n) is 7.74. The third-order valence-electron chi connectivity index (χ3n) is 11.6. The standard InChI is InChI=1S/C32H40N2O9.C24H30N2O3/c1-5-28(35)38-16-10-8-7-9-15-37-25-17-21(3)29(22(4)18-25)34-33-24-13-11-23(12-14-24)32(36)42-26-19-39-31-27(43-41-6-2)20-40-30(26)31;1-5-23(27)29-15-9-7-6-8-14-28-22-16-19(3)24(20(4)17-22)26-25-21-12-10-18(2)11-13-21/h5,11-14,17-18,26-27,30-31H,1,6-10,15-16,19-20H2,2-4H3;5,10-13,16-17H,1,6-9,14-15H2,2-4H3/t26?,27-,30+,31+;/m0./s1. The van der Waals surface area contributed by atoms with Crippen LogP contribution in [0.4, 0.5) is 22.7 Å². The SMILES string of the molecule is C=CC(=O)OCCCCCCOc1cc(C)c(N=Nc2ccc(C(=O)OC3CO[C@@H]4[C@@H](OOCC)CO[C@H]34)cc2)c(C)c1.C=CC(=O)OCCCCCCOc1cc(C)c(N=Nc2ccc(C)cc2)c(C)c1. The molecule has 4 aromatic rings. The summed E-state index contributed by atoms with van der Waals surface area (Å²) in [6.07, 6.45) is 8.30. The monoisotopic (exact) mass is 990 g/mol. The van der Waals surface area contributed by atoms with Gasteiger partial charge in [0.05, 0.1) is 74.6 Å². The summed E-state index contributed by atoms with van der Waals surface area (Å²) in [6.45, 7) is 21.7. The highest BCUT2D eigenvalue weighted by molar-refractivity contribution is 5.90. The number of esters is 3. The molecular weight excluding hydrogens is 921 g/mol. The summed E-state index contributed by atoms with van der Waals surface area (Å²) in [4.78, 5) is 45.1. The molecule has 0 amide bonds. The molecule has 0 aromatic heterocycles. The zero-order valence-electron chi connectivity index (χ0n) is 42.6. The van der Waals surface area contributed by atoms with Gasteiger partial charge < -0.3 is 33.2 Å². The zero-order valence-corrected chi connectivity index (χ0v) is 42.6. The van der Waals surface area contributed by atoms with Crippen molar-refractivity contribution in [1.82, 2.24) is 0 Å². The molecule has 0 aliphatic carbocycles. The van der Waals surface area contributed by atoms with Gasteiger partial charge in [0.25, 0.3) is 0 Å². The Morgan fingerprint density at radius 2 is 0.986 bits per heavy atom. The van der Waals surface area contributed by atoms with E-state index in [1.165, 1.54) is 17.7 Å². The third-order valence-corrected chi connectivity index (χ3v) is 11.6. The molecule has 16 nitrogen and oxygen atoms in total. The van der Waals surface area contributed by atoms with Crippen LogP contribution in [0.3, 0.4) is 0 Å². The van der Waals surface area contributed by atoms with E-state index in [9.17, 15) is 14.4 Å². The maximum atomic E-state index is 12.8. The molecule has 0 radical (unpaired) electrons. The van der Waals surface area contributed by atoms with E-state index in [2.05, 4.69) is 40.5 Å². The van der Waals surface area contributed by atoms with Crippen LogP contribution in [0, 0.1) is 34.6 Å². The highest BCUT2D eigenvalue weighted by atomic mass is 17.2. The van der Waals surface area contributed by atoms with E-state index in [1.54, 1.807) is 24.3 Å². The number of hydrogen-bond acceptors (Lipinski definition) is 16. The second-order valence-corrected chi connectivity index (χ2v) is 17.4. The van der Waals surface area contributed by atoms with Gasteiger partial charge in [-0.25, -0.2) is 24.2 Å². The lowest BCUT2D eigenvalue weighted by Gasteiger charge is -2.16. The largest absolute Gasteiger partial charge is 0.494 e. The smallest absolute Gasteiger partial charge is 0.338 e. The van der Waals surface area contributed by atoms with Gasteiger partial charge in [-0.1, -0.05) is 30.9 Å². The molecule has 2 heterocycles. The fraction of sp³-hybridized carbons (Fsp3) is 0.446. The molecule has 6 rings (SSSR count). The number of fused-ring (bicyclic) bond motifs is 1. The van der Waals surface area contributed by atoms with Gasteiger partial charge in [0, 0.05) is 12.2 Å². The molecule has 0 saturated carbocycles. The number of azo groups is 2. The summed E-state index contributed by atoms with van der Waals surface area (Å²) in [6, 6.07) is 22.6. The predicted octanol–water partition coefficient (Wildman–Crippen LogP) is 12.7. The van der Waals surface area contributed by atoms with Gasteiger partial charge in [-0.3, -0.25) is 0 Å². The fourth-order valence-corrected chi connectivity index (χ4v) is 7.74. The first-order valence-corrected chi connectivity index (χ1v) is 24.7. The number of aryl methyl sites for hydroxylation is 5. The molecule has 2 saturated heterocycles. The lowest BCUT2D eigenvalue weighted by molar-refractivity contribution is -0.330. The van der Waals surface area contributed by atoms with E-state index in [1.807, 2.05) is 83.1 Å². The lowest BCUT2D eigenvalue weighted by Crippen LogP contribution is -2.35. The molecule has 386 valence electrons. The summed E-state index contributed by atoms with van der Waals surface area (Å²) in [5.41, 5.74) is 8.67. The number of hydrogen-bond donors (Lipinski definition) is 0. The first-order valence-electron chi connectivity index (χ1n) is 24.7. The van der Waals surface area contributed by atoms with Crippen LogP contribution >= 0.6 is 0 Å². The topological polar surface area (TPSA) is 184 Å². The average molecular weight is 991 g/mol. The molecule has 4 atom stereocenters. The molecule has 4 aromatic carbocycles. The molecule has 2 aliphatic heterocycles. The quantitative estimate of drug-likeness (QED) is 0.0105. The van der Waals surface area contributed by atoms with Gasteiger partial charge in [0.1, 0.15) is 29.8 Å². The summed E-state index contributed by atoms with van der Waals surface area (Å²) in [5.74, 6) is 0.433. The summed E-state index contributed by atoms with van der Waals surface area (Å²) < 4.78 is 38.9. The molecule has 0 N–H and O–H groups in total. The van der Waals surface area contributed by atoms with Gasteiger partial charge in [-0.05, 0) is 176 Å². The molecular formula is C56H70N4O12. The van der Waals surface area contributed by atoms with Crippen LogP contribution in [-0.2, 0) is 43.0 Å². The number of rotatable bonds is 27. The number of benzene rings is 4. The minimum Gasteiger partial charge on any atom is -0.494 e. The van der Waals surface area contributed by atoms with E-state index < -0.39 is 18.2 Å². The van der Waals surface area contributed by atoms with Gasteiger partial charge in [-0.2, -0.15) is 20.5 Å². The highest BCUT2D eigenvalue weighted by Gasteiger charge is 2.50. The van der Waals surface area contributed by atoms with Gasteiger partial charge in [0.15, 0.2) is 6.10 Å². The van der Waals surface area contributed by atoms with Gasteiger partial charge in [-0.15, -0.1) is 0 Å². The molecule has 72 heavy (non-hydrogen) atoms. The first kappa shape index (κ1) is 56.3. The number of ether oxygens (including phenoxy) is 7. The second-order valence-electron chi connectivity index (χ2n) is 17.4. The number of carbonyl (C=O) groups excluding carboxylic acids is 3. The Labute approximate surface area is 423 Å². The Balaban J connectivity index is 0.000000289. The van der Waals surface area contributed by atoms with Crippen molar-refractivity contribution in [2.45, 2.75) is 117 Å². The van der Waals surface area contributed by atoms with Crippen molar-refractivity contribution >= 4 is 40.7 Å². The maximum Gasteiger partial charge on any atom is 0.338 e. The van der Waals surface area contributed by atoms with Crippen molar-refractivity contribution in [1.29, 1.82) is 0 Å². The highest BCUT2D eigenvalue weighted by Crippen LogP contribution is 2.34. The first-order chi connectivity index (χ1) is 34.9. The van der Waals surface area contributed by atoms with Crippen LogP contribution in [-0.4, -0.2) is 88.6 Å². The molecule has 0 bridgehead atoms. The number of nitrogens with zero attached hydrogens (tertiary/aromatic N) is 4. The second kappa shape index (κ2) is 30.3. The van der Waals surface area contributed by atoms with Gasteiger partial charge >= 0.3 is 17.9 Å². The Kier molecular flexibility index (Phi) is 23.7. The van der Waals surface area contributed by atoms with Crippen LogP contribution < -0.4 is 9.47 Å². The van der Waals surface area contributed by atoms with E-state index in [-0.39, 0.29) is 30.8 Å². The predicted molar refractivity (Wildman–Crippen MR) is 273 cm³/mol. The Morgan fingerprint density at radius 3 is 1.43 bits per heavy atom. The third kappa shape index (κ3) is 18.5. The minimum atomic E-state index is -0.523. The minimum absolute atomic E-state index is 0.235. The number of unbranched alkanes of at least 4 members (excludes halogenated alkanes) is 6. The van der Waals surface area contributed by atoms with E-state index >= 15 is 0 Å². The van der Waals surface area contributed by atoms with Crippen LogP contribution in [0.1, 0.15) is 96.5 Å². The van der Waals surface area contributed by atoms with Crippen LogP contribution in [0.2, 0.25) is 0 Å². The zero-order chi connectivity index (χ0) is 51.7. The van der Waals surface area contributed by atoms with E-state index in [0.29, 0.717) is 50.9 Å². The van der Waals surface area contributed by atoms with Crippen molar-refractivity contribution in [3.05, 3.63) is 131 Å². The summed E-state index contributed by atoms with van der Waals surface area (Å²) in [7, 11) is 0. The Bertz CT molecular complexity index is 2390. The van der Waals surface area contributed by atoms with E-state index in [4.69, 9.17) is 42.9 Å². The van der Waals surface area contributed by atoms with Crippen molar-refractivity contribution in [2.75, 3.05) is 46.2 Å². The maximum absolute atomic E-state index is 12.8. The molecule has 2 fully saturated rings.